The summed E-state index contributed by atoms with van der Waals surface area (Å²) in [6, 6.07) is 19.8. The molecule has 0 amide bonds. The first-order chi connectivity index (χ1) is 18.9. The summed E-state index contributed by atoms with van der Waals surface area (Å²) in [7, 11) is 0. The van der Waals surface area contributed by atoms with E-state index >= 15 is 0 Å². The van der Waals surface area contributed by atoms with Crippen molar-refractivity contribution in [1.82, 2.24) is 4.90 Å². The van der Waals surface area contributed by atoms with E-state index in [1.54, 1.807) is 6.07 Å². The van der Waals surface area contributed by atoms with E-state index in [1.165, 1.54) is 34.2 Å². The second-order valence-electron chi connectivity index (χ2n) is 10.6. The zero-order valence-corrected chi connectivity index (χ0v) is 24.7. The fourth-order valence-corrected chi connectivity index (χ4v) is 5.94. The number of hydrogen-bond donors (Lipinski definition) is 1. The predicted octanol–water partition coefficient (Wildman–Crippen LogP) is 8.37. The van der Waals surface area contributed by atoms with Crippen LogP contribution in [0.5, 0.6) is 11.5 Å². The molecule has 1 N–H and O–H groups in total. The van der Waals surface area contributed by atoms with Crippen LogP contribution in [0.2, 0.25) is 0 Å². The number of benzene rings is 3. The second-order valence-corrected chi connectivity index (χ2v) is 10.6. The van der Waals surface area contributed by atoms with Gasteiger partial charge in [0, 0.05) is 6.54 Å². The fraction of sp³-hybridized carbons (Fsp3) is 0.471. The minimum Gasteiger partial charge on any atom is -0.508 e. The number of fused-ring (bicyclic) bond motifs is 2. The Morgan fingerprint density at radius 3 is 2.26 bits per heavy atom. The standard InChI is InChI=1S/C18H17NO2.C14H23NO.C2H6/c1-11-17-7-15(19-21)4-2-13(17)9-18(11)8-12-3-5-16(20)6-14(12)10-18;1-4-10-15(5-2)11-12-16-14-8-6-13(3)7-9-14;1-2/h2-7,11,20H,8-10H2,1H3;6-9H,4-5,10-12H2,1-3H3;1-2H3/t11?,18-;;/m1../s1. The molecule has 0 bridgehead atoms. The molecule has 3 aromatic carbocycles. The van der Waals surface area contributed by atoms with Crippen molar-refractivity contribution in [1.29, 1.82) is 0 Å². The van der Waals surface area contributed by atoms with E-state index in [-0.39, 0.29) is 5.41 Å². The highest BCUT2D eigenvalue weighted by Crippen LogP contribution is 2.55. The van der Waals surface area contributed by atoms with Crippen molar-refractivity contribution >= 4 is 5.69 Å². The lowest BCUT2D eigenvalue weighted by Crippen LogP contribution is -2.28. The van der Waals surface area contributed by atoms with Crippen molar-refractivity contribution < 1.29 is 9.84 Å². The minimum absolute atomic E-state index is 0.194. The zero-order valence-electron chi connectivity index (χ0n) is 24.7. The Kier molecular flexibility index (Phi) is 11.1. The molecule has 39 heavy (non-hydrogen) atoms. The molecule has 0 radical (unpaired) electrons. The van der Waals surface area contributed by atoms with Gasteiger partial charge in [-0.1, -0.05) is 64.4 Å². The smallest absolute Gasteiger partial charge is 0.119 e. The maximum absolute atomic E-state index is 10.8. The Morgan fingerprint density at radius 2 is 1.59 bits per heavy atom. The number of aryl methyl sites for hydroxylation is 1. The lowest BCUT2D eigenvalue weighted by atomic mass is 9.74. The predicted molar refractivity (Wildman–Crippen MR) is 162 cm³/mol. The van der Waals surface area contributed by atoms with Crippen LogP contribution in [0, 0.1) is 17.2 Å². The molecule has 5 rings (SSSR count). The van der Waals surface area contributed by atoms with Crippen LogP contribution in [0.3, 0.4) is 0 Å². The van der Waals surface area contributed by atoms with Gasteiger partial charge in [0.05, 0.1) is 0 Å². The number of phenols is 1. The molecule has 0 aliphatic heterocycles. The van der Waals surface area contributed by atoms with E-state index < -0.39 is 0 Å². The number of hydrogen-bond acceptors (Lipinski definition) is 5. The van der Waals surface area contributed by atoms with Crippen LogP contribution in [0.15, 0.2) is 65.8 Å². The molecular formula is C34H46N2O3. The average molecular weight is 531 g/mol. The van der Waals surface area contributed by atoms with Crippen LogP contribution < -0.4 is 4.74 Å². The third-order valence-corrected chi connectivity index (χ3v) is 8.12. The monoisotopic (exact) mass is 530 g/mol. The van der Waals surface area contributed by atoms with Crippen molar-refractivity contribution in [3.8, 4) is 11.5 Å². The van der Waals surface area contributed by atoms with Crippen molar-refractivity contribution in [3.05, 3.63) is 93.4 Å². The highest BCUT2D eigenvalue weighted by Gasteiger charge is 2.47. The van der Waals surface area contributed by atoms with Gasteiger partial charge in [0.25, 0.3) is 0 Å². The molecule has 0 saturated carbocycles. The summed E-state index contributed by atoms with van der Waals surface area (Å²) >= 11 is 0. The van der Waals surface area contributed by atoms with Gasteiger partial charge >= 0.3 is 0 Å². The quantitative estimate of drug-likeness (QED) is 0.297. The molecule has 210 valence electrons. The second kappa shape index (κ2) is 14.3. The SMILES string of the molecule is CC.CC1c2cc(N=O)ccc2C[C@@]12Cc1ccc(O)cc1C2.CCCN(CC)CCOc1ccc(C)cc1. The van der Waals surface area contributed by atoms with Crippen molar-refractivity contribution in [2.24, 2.45) is 10.6 Å². The van der Waals surface area contributed by atoms with E-state index in [1.807, 2.05) is 50.2 Å². The van der Waals surface area contributed by atoms with Crippen LogP contribution in [0.1, 0.15) is 74.8 Å². The van der Waals surface area contributed by atoms with Gasteiger partial charge in [0.2, 0.25) is 0 Å². The number of nitroso groups, excluding NO2 is 1. The first-order valence-corrected chi connectivity index (χ1v) is 14.6. The van der Waals surface area contributed by atoms with Crippen LogP contribution in [-0.4, -0.2) is 36.2 Å². The maximum atomic E-state index is 10.8. The van der Waals surface area contributed by atoms with Gasteiger partial charge in [-0.25, -0.2) is 0 Å². The summed E-state index contributed by atoms with van der Waals surface area (Å²) in [5, 5.41) is 12.8. The van der Waals surface area contributed by atoms with Crippen molar-refractivity contribution in [2.75, 3.05) is 26.2 Å². The number of nitrogens with zero attached hydrogens (tertiary/aromatic N) is 2. The Bertz CT molecular complexity index is 1210. The summed E-state index contributed by atoms with van der Waals surface area (Å²) in [5.41, 5.74) is 7.21. The van der Waals surface area contributed by atoms with Gasteiger partial charge < -0.3 is 14.7 Å². The molecule has 0 aromatic heterocycles. The zero-order chi connectivity index (χ0) is 28.4. The van der Waals surface area contributed by atoms with Crippen LogP contribution in [0.4, 0.5) is 5.69 Å². The van der Waals surface area contributed by atoms with E-state index in [9.17, 15) is 10.0 Å². The van der Waals surface area contributed by atoms with Gasteiger partial charge in [-0.3, -0.25) is 0 Å². The average Bonchev–Trinajstić information content (AvgIpc) is 3.45. The van der Waals surface area contributed by atoms with Crippen LogP contribution in [0.25, 0.3) is 0 Å². The fourth-order valence-electron chi connectivity index (χ4n) is 5.94. The number of phenolic OH excluding ortho intramolecular Hbond substituents is 1. The summed E-state index contributed by atoms with van der Waals surface area (Å²) in [6.07, 6.45) is 4.29. The largest absolute Gasteiger partial charge is 0.508 e. The van der Waals surface area contributed by atoms with E-state index in [0.29, 0.717) is 17.4 Å². The lowest BCUT2D eigenvalue weighted by molar-refractivity contribution is 0.216. The van der Waals surface area contributed by atoms with Crippen LogP contribution in [-0.2, 0) is 19.3 Å². The van der Waals surface area contributed by atoms with E-state index in [2.05, 4.69) is 56.0 Å². The summed E-state index contributed by atoms with van der Waals surface area (Å²) in [4.78, 5) is 13.2. The maximum Gasteiger partial charge on any atom is 0.119 e. The minimum atomic E-state index is 0.194. The molecule has 3 aromatic rings. The van der Waals surface area contributed by atoms with Crippen LogP contribution >= 0.6 is 0 Å². The molecule has 2 aliphatic rings. The molecule has 0 heterocycles. The summed E-state index contributed by atoms with van der Waals surface area (Å²) in [5.74, 6) is 1.73. The molecule has 2 atom stereocenters. The van der Waals surface area contributed by atoms with E-state index in [4.69, 9.17) is 4.74 Å². The highest BCUT2D eigenvalue weighted by atomic mass is 16.5. The van der Waals surface area contributed by atoms with E-state index in [0.717, 1.165) is 51.3 Å². The molecule has 0 fully saturated rings. The Labute approximate surface area is 235 Å². The Balaban J connectivity index is 0.000000211. The third kappa shape index (κ3) is 7.48. The number of likely N-dealkylation sites (N-methyl/N-ethyl adjacent to an activating group) is 1. The summed E-state index contributed by atoms with van der Waals surface area (Å²) in [6.45, 7) is 16.8. The molecule has 1 spiro atoms. The highest BCUT2D eigenvalue weighted by molar-refractivity contribution is 5.52. The molecule has 5 heteroatoms. The van der Waals surface area contributed by atoms with Gasteiger partial charge in [-0.05, 0) is 121 Å². The molecule has 1 unspecified atom stereocenters. The summed E-state index contributed by atoms with van der Waals surface area (Å²) < 4.78 is 5.70. The Morgan fingerprint density at radius 1 is 0.923 bits per heavy atom. The molecule has 2 aliphatic carbocycles. The van der Waals surface area contributed by atoms with Crippen molar-refractivity contribution in [3.63, 3.8) is 0 Å². The number of rotatable bonds is 8. The topological polar surface area (TPSA) is 62.1 Å². The number of ether oxygens (including phenoxy) is 1. The third-order valence-electron chi connectivity index (χ3n) is 8.12. The lowest BCUT2D eigenvalue weighted by Gasteiger charge is -2.29. The van der Waals surface area contributed by atoms with Gasteiger partial charge in [-0.2, -0.15) is 0 Å². The first-order valence-electron chi connectivity index (χ1n) is 14.6. The van der Waals surface area contributed by atoms with Gasteiger partial charge in [0.15, 0.2) is 0 Å². The van der Waals surface area contributed by atoms with Gasteiger partial charge in [0.1, 0.15) is 23.8 Å². The van der Waals surface area contributed by atoms with Gasteiger partial charge in [-0.15, -0.1) is 4.91 Å². The van der Waals surface area contributed by atoms with Crippen molar-refractivity contribution in [2.45, 2.75) is 73.1 Å². The first kappa shape index (κ1) is 30.4. The molecule has 5 nitrogen and oxygen atoms in total. The number of aromatic hydroxyl groups is 1. The Hall–Kier alpha value is -3.18. The normalized spacial score (nSPS) is 18.5. The molecular weight excluding hydrogens is 484 g/mol. The molecule has 0 saturated heterocycles.